The molecule has 0 spiro atoms. The van der Waals surface area contributed by atoms with E-state index >= 15 is 0 Å². The number of amides is 1. The van der Waals surface area contributed by atoms with Crippen LogP contribution in [0.4, 0.5) is 0 Å². The lowest BCUT2D eigenvalue weighted by Crippen LogP contribution is -2.29. The smallest absolute Gasteiger partial charge is 0.269 e. The van der Waals surface area contributed by atoms with Crippen molar-refractivity contribution in [2.45, 2.75) is 18.4 Å². The highest BCUT2D eigenvalue weighted by Gasteiger charge is 2.41. The van der Waals surface area contributed by atoms with E-state index in [-0.39, 0.29) is 17.0 Å². The molecule has 3 rings (SSSR count). The first-order valence-electron chi connectivity index (χ1n) is 6.75. The van der Waals surface area contributed by atoms with E-state index in [0.29, 0.717) is 11.3 Å². The summed E-state index contributed by atoms with van der Waals surface area (Å²) in [6.45, 7) is 1.83. The van der Waals surface area contributed by atoms with Crippen molar-refractivity contribution in [2.75, 3.05) is 7.11 Å². The largest absolute Gasteiger partial charge is 0.496 e. The van der Waals surface area contributed by atoms with Gasteiger partial charge in [-0.1, -0.05) is 30.3 Å². The van der Waals surface area contributed by atoms with Gasteiger partial charge in [-0.05, 0) is 24.6 Å². The van der Waals surface area contributed by atoms with Gasteiger partial charge < -0.3 is 4.74 Å². The molecule has 1 aliphatic heterocycles. The van der Waals surface area contributed by atoms with E-state index in [4.69, 9.17) is 4.74 Å². The Kier molecular flexibility index (Phi) is 3.41. The summed E-state index contributed by atoms with van der Waals surface area (Å²) in [6.07, 6.45) is 0. The first kappa shape index (κ1) is 14.6. The number of carbonyl (C=O) groups excluding carboxylic acids is 1. The number of methoxy groups -OCH3 is 1. The normalized spacial score (nSPS) is 15.7. The van der Waals surface area contributed by atoms with Crippen LogP contribution in [0, 0.1) is 6.92 Å². The van der Waals surface area contributed by atoms with Crippen molar-refractivity contribution in [3.8, 4) is 5.75 Å². The Morgan fingerprint density at radius 2 is 1.82 bits per heavy atom. The maximum absolute atomic E-state index is 12.5. The molecule has 0 aliphatic carbocycles. The minimum atomic E-state index is -3.80. The minimum Gasteiger partial charge on any atom is -0.496 e. The predicted octanol–water partition coefficient (Wildman–Crippen LogP) is 2.35. The van der Waals surface area contributed by atoms with Crippen LogP contribution < -0.4 is 4.74 Å². The van der Waals surface area contributed by atoms with Gasteiger partial charge in [-0.15, -0.1) is 0 Å². The Labute approximate surface area is 129 Å². The van der Waals surface area contributed by atoms with Gasteiger partial charge in [0, 0.05) is 5.56 Å². The van der Waals surface area contributed by atoms with Gasteiger partial charge in [0.25, 0.3) is 15.9 Å². The topological polar surface area (TPSA) is 63.7 Å². The summed E-state index contributed by atoms with van der Waals surface area (Å²) < 4.78 is 31.3. The number of sulfonamides is 1. The maximum Gasteiger partial charge on any atom is 0.269 e. The molecule has 1 aliphatic rings. The summed E-state index contributed by atoms with van der Waals surface area (Å²) in [5, 5.41) is 0. The fourth-order valence-electron chi connectivity index (χ4n) is 2.67. The van der Waals surface area contributed by atoms with Gasteiger partial charge in [0.1, 0.15) is 10.6 Å². The van der Waals surface area contributed by atoms with Crippen LogP contribution in [0.5, 0.6) is 5.75 Å². The van der Waals surface area contributed by atoms with Gasteiger partial charge in [0.05, 0.1) is 19.2 Å². The van der Waals surface area contributed by atoms with Crippen molar-refractivity contribution in [1.29, 1.82) is 0 Å². The van der Waals surface area contributed by atoms with Crippen LogP contribution in [0.2, 0.25) is 0 Å². The highest BCUT2D eigenvalue weighted by Crippen LogP contribution is 2.33. The molecule has 1 heterocycles. The van der Waals surface area contributed by atoms with Crippen molar-refractivity contribution in [3.63, 3.8) is 0 Å². The third kappa shape index (κ3) is 2.07. The fraction of sp³-hybridized carbons (Fsp3) is 0.188. The fourth-order valence-corrected chi connectivity index (χ4v) is 4.22. The van der Waals surface area contributed by atoms with Gasteiger partial charge in [0.2, 0.25) is 0 Å². The zero-order chi connectivity index (χ0) is 15.9. The standard InChI is InChI=1S/C16H15NO4S/c1-11-6-5-7-12(15(11)21-2)10-17-16(18)13-8-3-4-9-14(13)22(17,19)20/h3-9H,10H2,1-2H3. The number of benzene rings is 2. The summed E-state index contributed by atoms with van der Waals surface area (Å²) in [5.41, 5.74) is 1.77. The molecule has 2 aromatic rings. The Morgan fingerprint density at radius 1 is 1.09 bits per heavy atom. The molecule has 114 valence electrons. The van der Waals surface area contributed by atoms with E-state index in [9.17, 15) is 13.2 Å². The van der Waals surface area contributed by atoms with Crippen LogP contribution in [0.25, 0.3) is 0 Å². The number of hydrogen-bond acceptors (Lipinski definition) is 4. The average molecular weight is 317 g/mol. The first-order valence-corrected chi connectivity index (χ1v) is 8.19. The van der Waals surface area contributed by atoms with Crippen molar-refractivity contribution in [1.82, 2.24) is 4.31 Å². The number of rotatable bonds is 3. The van der Waals surface area contributed by atoms with Gasteiger partial charge in [-0.3, -0.25) is 4.79 Å². The highest BCUT2D eigenvalue weighted by atomic mass is 32.2. The molecule has 0 fully saturated rings. The van der Waals surface area contributed by atoms with Crippen molar-refractivity contribution >= 4 is 15.9 Å². The third-order valence-electron chi connectivity index (χ3n) is 3.72. The van der Waals surface area contributed by atoms with Crippen molar-refractivity contribution in [3.05, 3.63) is 59.2 Å². The monoisotopic (exact) mass is 317 g/mol. The average Bonchev–Trinajstić information content (AvgIpc) is 2.69. The Hall–Kier alpha value is -2.34. The molecule has 22 heavy (non-hydrogen) atoms. The molecule has 0 unspecified atom stereocenters. The highest BCUT2D eigenvalue weighted by molar-refractivity contribution is 7.90. The predicted molar refractivity (Wildman–Crippen MR) is 81.2 cm³/mol. The van der Waals surface area contributed by atoms with E-state index in [0.717, 1.165) is 9.87 Å². The SMILES string of the molecule is COc1c(C)cccc1CN1C(=O)c2ccccc2S1(=O)=O. The number of fused-ring (bicyclic) bond motifs is 1. The van der Waals surface area contributed by atoms with Crippen molar-refractivity contribution in [2.24, 2.45) is 0 Å². The number of para-hydroxylation sites is 1. The van der Waals surface area contributed by atoms with E-state index in [1.165, 1.54) is 19.2 Å². The molecule has 0 radical (unpaired) electrons. The van der Waals surface area contributed by atoms with Crippen molar-refractivity contribution < 1.29 is 17.9 Å². The van der Waals surface area contributed by atoms with Crippen LogP contribution in [0.3, 0.4) is 0 Å². The quantitative estimate of drug-likeness (QED) is 0.872. The molecule has 1 amide bonds. The first-order chi connectivity index (χ1) is 10.5. The molecule has 0 saturated carbocycles. The Balaban J connectivity index is 2.05. The number of aryl methyl sites for hydroxylation is 1. The second kappa shape index (κ2) is 5.14. The Bertz CT molecular complexity index is 858. The van der Waals surface area contributed by atoms with Crippen LogP contribution in [0.15, 0.2) is 47.4 Å². The third-order valence-corrected chi connectivity index (χ3v) is 5.51. The zero-order valence-electron chi connectivity index (χ0n) is 12.2. The lowest BCUT2D eigenvalue weighted by atomic mass is 10.1. The molecular formula is C16H15NO4S. The molecule has 0 bridgehead atoms. The maximum atomic E-state index is 12.5. The number of hydrogen-bond donors (Lipinski definition) is 0. The van der Waals surface area contributed by atoms with E-state index in [1.807, 2.05) is 19.1 Å². The lowest BCUT2D eigenvalue weighted by molar-refractivity contribution is 0.0864. The van der Waals surface area contributed by atoms with E-state index < -0.39 is 15.9 Å². The van der Waals surface area contributed by atoms with Crippen LogP contribution >= 0.6 is 0 Å². The molecule has 6 heteroatoms. The van der Waals surface area contributed by atoms with Gasteiger partial charge in [-0.25, -0.2) is 12.7 Å². The molecule has 0 aromatic heterocycles. The summed E-state index contributed by atoms with van der Waals surface area (Å²) in [6, 6.07) is 11.7. The van der Waals surface area contributed by atoms with E-state index in [2.05, 4.69) is 0 Å². The van der Waals surface area contributed by atoms with Crippen LogP contribution in [-0.4, -0.2) is 25.7 Å². The van der Waals surface area contributed by atoms with E-state index in [1.54, 1.807) is 18.2 Å². The minimum absolute atomic E-state index is 0.0410. The van der Waals surface area contributed by atoms with Gasteiger partial charge >= 0.3 is 0 Å². The zero-order valence-corrected chi connectivity index (χ0v) is 13.1. The summed E-state index contributed by atoms with van der Waals surface area (Å²) in [5.74, 6) is 0.0978. The molecule has 2 aromatic carbocycles. The number of nitrogens with zero attached hydrogens (tertiary/aromatic N) is 1. The van der Waals surface area contributed by atoms with Crippen LogP contribution in [0.1, 0.15) is 21.5 Å². The second-order valence-corrected chi connectivity index (χ2v) is 6.91. The molecular weight excluding hydrogens is 302 g/mol. The summed E-state index contributed by atoms with van der Waals surface area (Å²) >= 11 is 0. The summed E-state index contributed by atoms with van der Waals surface area (Å²) in [4.78, 5) is 12.5. The summed E-state index contributed by atoms with van der Waals surface area (Å²) in [7, 11) is -2.27. The Morgan fingerprint density at radius 3 is 2.50 bits per heavy atom. The van der Waals surface area contributed by atoms with Crippen LogP contribution in [-0.2, 0) is 16.6 Å². The molecule has 0 N–H and O–H groups in total. The second-order valence-electron chi connectivity index (χ2n) is 5.08. The van der Waals surface area contributed by atoms with Gasteiger partial charge in [0.15, 0.2) is 0 Å². The number of carbonyl (C=O) groups is 1. The molecule has 0 saturated heterocycles. The molecule has 5 nitrogen and oxygen atoms in total. The van der Waals surface area contributed by atoms with Gasteiger partial charge in [-0.2, -0.15) is 0 Å². The molecule has 0 atom stereocenters. The number of ether oxygens (including phenoxy) is 1. The lowest BCUT2D eigenvalue weighted by Gasteiger charge is -2.18.